The van der Waals surface area contributed by atoms with Gasteiger partial charge in [-0.25, -0.2) is 9.98 Å². The van der Waals surface area contributed by atoms with Gasteiger partial charge in [0.1, 0.15) is 12.4 Å². The number of guanidine groups is 1. The highest BCUT2D eigenvalue weighted by Gasteiger charge is 2.12. The van der Waals surface area contributed by atoms with Crippen LogP contribution in [0.15, 0.2) is 41.5 Å². The van der Waals surface area contributed by atoms with Crippen LogP contribution in [0.25, 0.3) is 11.3 Å². The summed E-state index contributed by atoms with van der Waals surface area (Å²) in [5.41, 5.74) is 8.10. The summed E-state index contributed by atoms with van der Waals surface area (Å²) in [6.45, 7) is 3.45. The maximum absolute atomic E-state index is 5.99. The summed E-state index contributed by atoms with van der Waals surface area (Å²) in [7, 11) is 0. The number of aromatic amines is 1. The van der Waals surface area contributed by atoms with Crippen molar-refractivity contribution in [2.75, 3.05) is 26.3 Å². The van der Waals surface area contributed by atoms with Crippen molar-refractivity contribution in [1.29, 1.82) is 0 Å². The molecule has 3 rings (SSSR count). The fraction of sp³-hybridized carbons (Fsp3) is 0.333. The third-order valence-electron chi connectivity index (χ3n) is 3.44. The molecule has 1 aliphatic heterocycles. The zero-order valence-corrected chi connectivity index (χ0v) is 14.6. The number of hydrogen-bond acceptors (Lipinski definition) is 3. The Labute approximate surface area is 146 Å². The molecule has 0 aliphatic carbocycles. The zero-order valence-electron chi connectivity index (χ0n) is 12.2. The molecule has 1 saturated heterocycles. The Bertz CT molecular complexity index is 607. The minimum Gasteiger partial charge on any atom is -0.378 e. The molecule has 0 bridgehead atoms. The highest BCUT2D eigenvalue weighted by molar-refractivity contribution is 14.0. The molecule has 0 radical (unpaired) electrons. The number of ether oxygens (including phenoxy) is 1. The van der Waals surface area contributed by atoms with Gasteiger partial charge < -0.3 is 20.4 Å². The standard InChI is InChI=1S/C15H19N5O.HI/c16-15(20-6-8-21-9-7-20)18-11-14-17-10-13(19-14)12-4-2-1-3-5-12;/h1-5,10H,6-9,11H2,(H2,16,18)(H,17,19);1H. The summed E-state index contributed by atoms with van der Waals surface area (Å²) in [4.78, 5) is 14.0. The molecule has 22 heavy (non-hydrogen) atoms. The van der Waals surface area contributed by atoms with E-state index >= 15 is 0 Å². The van der Waals surface area contributed by atoms with Crippen LogP contribution < -0.4 is 5.73 Å². The van der Waals surface area contributed by atoms with E-state index in [4.69, 9.17) is 10.5 Å². The van der Waals surface area contributed by atoms with Crippen LogP contribution in [0.3, 0.4) is 0 Å². The summed E-state index contributed by atoms with van der Waals surface area (Å²) in [5.74, 6) is 1.36. The van der Waals surface area contributed by atoms with Crippen molar-refractivity contribution < 1.29 is 4.74 Å². The van der Waals surface area contributed by atoms with Gasteiger partial charge in [-0.2, -0.15) is 0 Å². The molecular weight excluding hydrogens is 393 g/mol. The van der Waals surface area contributed by atoms with Gasteiger partial charge in [0.05, 0.1) is 25.1 Å². The van der Waals surface area contributed by atoms with Crippen molar-refractivity contribution in [3.63, 3.8) is 0 Å². The Morgan fingerprint density at radius 3 is 2.73 bits per heavy atom. The number of nitrogens with zero attached hydrogens (tertiary/aromatic N) is 3. The number of morpholine rings is 1. The number of aromatic nitrogens is 2. The molecule has 2 aromatic rings. The first-order chi connectivity index (χ1) is 10.3. The molecule has 0 amide bonds. The second-order valence-corrected chi connectivity index (χ2v) is 4.88. The van der Waals surface area contributed by atoms with Gasteiger partial charge in [-0.15, -0.1) is 24.0 Å². The van der Waals surface area contributed by atoms with Crippen LogP contribution in [0.1, 0.15) is 5.82 Å². The number of benzene rings is 1. The van der Waals surface area contributed by atoms with E-state index in [-0.39, 0.29) is 24.0 Å². The number of halogens is 1. The Kier molecular flexibility index (Phi) is 6.20. The van der Waals surface area contributed by atoms with Gasteiger partial charge in [-0.05, 0) is 5.56 Å². The first kappa shape index (κ1) is 16.8. The van der Waals surface area contributed by atoms with Crippen LogP contribution in [0, 0.1) is 0 Å². The van der Waals surface area contributed by atoms with E-state index in [1.54, 1.807) is 0 Å². The van der Waals surface area contributed by atoms with Crippen LogP contribution in [-0.4, -0.2) is 47.1 Å². The van der Waals surface area contributed by atoms with Gasteiger partial charge in [0.2, 0.25) is 0 Å². The molecule has 0 unspecified atom stereocenters. The van der Waals surface area contributed by atoms with Gasteiger partial charge in [-0.3, -0.25) is 0 Å². The van der Waals surface area contributed by atoms with Crippen molar-refractivity contribution in [2.24, 2.45) is 10.7 Å². The molecule has 2 heterocycles. The predicted octanol–water partition coefficient (Wildman–Crippen LogP) is 1.84. The lowest BCUT2D eigenvalue weighted by Gasteiger charge is -2.27. The highest BCUT2D eigenvalue weighted by Crippen LogP contribution is 2.16. The Morgan fingerprint density at radius 2 is 2.00 bits per heavy atom. The van der Waals surface area contributed by atoms with E-state index in [2.05, 4.69) is 15.0 Å². The van der Waals surface area contributed by atoms with E-state index < -0.39 is 0 Å². The van der Waals surface area contributed by atoms with Gasteiger partial charge in [0.15, 0.2) is 5.96 Å². The molecule has 7 heteroatoms. The number of nitrogens with one attached hydrogen (secondary N) is 1. The quantitative estimate of drug-likeness (QED) is 0.457. The van der Waals surface area contributed by atoms with Crippen molar-refractivity contribution >= 4 is 29.9 Å². The lowest BCUT2D eigenvalue weighted by molar-refractivity contribution is 0.0674. The molecular formula is C15H20IN5O. The maximum Gasteiger partial charge on any atom is 0.191 e. The van der Waals surface area contributed by atoms with Crippen LogP contribution in [0.4, 0.5) is 0 Å². The second kappa shape index (κ2) is 8.14. The maximum atomic E-state index is 5.99. The van der Waals surface area contributed by atoms with Crippen LogP contribution in [0.2, 0.25) is 0 Å². The minimum absolute atomic E-state index is 0. The molecule has 0 spiro atoms. The number of rotatable bonds is 3. The first-order valence-electron chi connectivity index (χ1n) is 7.05. The van der Waals surface area contributed by atoms with Crippen molar-refractivity contribution in [1.82, 2.24) is 14.9 Å². The summed E-state index contributed by atoms with van der Waals surface area (Å²) in [5, 5.41) is 0. The SMILES string of the molecule is I.NC(=NCc1ncc(-c2ccccc2)[nH]1)N1CCOCC1. The van der Waals surface area contributed by atoms with E-state index in [0.717, 1.165) is 30.2 Å². The molecule has 1 aliphatic rings. The molecule has 1 aromatic heterocycles. The lowest BCUT2D eigenvalue weighted by atomic mass is 10.2. The van der Waals surface area contributed by atoms with Crippen molar-refractivity contribution in [3.8, 4) is 11.3 Å². The molecule has 1 aromatic carbocycles. The van der Waals surface area contributed by atoms with E-state index in [9.17, 15) is 0 Å². The Hall–Kier alpha value is -1.61. The fourth-order valence-corrected chi connectivity index (χ4v) is 2.26. The molecule has 118 valence electrons. The predicted molar refractivity (Wildman–Crippen MR) is 97.2 cm³/mol. The van der Waals surface area contributed by atoms with Gasteiger partial charge in [0.25, 0.3) is 0 Å². The smallest absolute Gasteiger partial charge is 0.191 e. The average Bonchev–Trinajstić information content (AvgIpc) is 3.03. The summed E-state index contributed by atoms with van der Waals surface area (Å²) in [6, 6.07) is 10.1. The topological polar surface area (TPSA) is 79.5 Å². The molecule has 6 nitrogen and oxygen atoms in total. The summed E-state index contributed by atoms with van der Waals surface area (Å²) < 4.78 is 5.29. The highest BCUT2D eigenvalue weighted by atomic mass is 127. The number of hydrogen-bond donors (Lipinski definition) is 2. The molecule has 0 atom stereocenters. The van der Waals surface area contributed by atoms with E-state index in [1.165, 1.54) is 0 Å². The third-order valence-corrected chi connectivity index (χ3v) is 3.44. The fourth-order valence-electron chi connectivity index (χ4n) is 2.26. The zero-order chi connectivity index (χ0) is 14.5. The summed E-state index contributed by atoms with van der Waals surface area (Å²) >= 11 is 0. The normalized spacial score (nSPS) is 15.5. The monoisotopic (exact) mass is 413 g/mol. The van der Waals surface area contributed by atoms with Gasteiger partial charge in [-0.1, -0.05) is 30.3 Å². The number of nitrogens with two attached hydrogens (primary N) is 1. The van der Waals surface area contributed by atoms with Crippen LogP contribution in [0.5, 0.6) is 0 Å². The number of imidazole rings is 1. The second-order valence-electron chi connectivity index (χ2n) is 4.88. The summed E-state index contributed by atoms with van der Waals surface area (Å²) in [6.07, 6.45) is 1.82. The molecule has 0 saturated carbocycles. The van der Waals surface area contributed by atoms with Gasteiger partial charge in [0, 0.05) is 13.1 Å². The lowest BCUT2D eigenvalue weighted by Crippen LogP contribution is -2.44. The Morgan fingerprint density at radius 1 is 1.27 bits per heavy atom. The number of H-pyrrole nitrogens is 1. The Balaban J connectivity index is 0.00000176. The van der Waals surface area contributed by atoms with Crippen LogP contribution >= 0.6 is 24.0 Å². The van der Waals surface area contributed by atoms with E-state index in [0.29, 0.717) is 25.7 Å². The molecule has 1 fully saturated rings. The largest absolute Gasteiger partial charge is 0.378 e. The van der Waals surface area contributed by atoms with Crippen LogP contribution in [-0.2, 0) is 11.3 Å². The first-order valence-corrected chi connectivity index (χ1v) is 7.05. The van der Waals surface area contributed by atoms with Crippen molar-refractivity contribution in [3.05, 3.63) is 42.4 Å². The molecule has 3 N–H and O–H groups in total. The minimum atomic E-state index is 0. The average molecular weight is 413 g/mol. The van der Waals surface area contributed by atoms with E-state index in [1.807, 2.05) is 41.4 Å². The number of aliphatic imine (C=N–C) groups is 1. The van der Waals surface area contributed by atoms with Crippen molar-refractivity contribution in [2.45, 2.75) is 6.54 Å². The third kappa shape index (κ3) is 4.20. The van der Waals surface area contributed by atoms with Gasteiger partial charge >= 0.3 is 0 Å².